The van der Waals surface area contributed by atoms with Crippen LogP contribution in [0.4, 0.5) is 0 Å². The molecule has 1 aromatic rings. The monoisotopic (exact) mass is 314 g/mol. The van der Waals surface area contributed by atoms with Gasteiger partial charge in [0.1, 0.15) is 5.75 Å². The number of rotatable bonds is 6. The van der Waals surface area contributed by atoms with Gasteiger partial charge in [-0.05, 0) is 44.7 Å². The van der Waals surface area contributed by atoms with Crippen LogP contribution >= 0.6 is 0 Å². The fraction of sp³-hybridized carbons (Fsp3) is 0.526. The average molecular weight is 314 g/mol. The summed E-state index contributed by atoms with van der Waals surface area (Å²) in [5.41, 5.74) is 0.938. The van der Waals surface area contributed by atoms with Crippen molar-refractivity contribution in [2.45, 2.75) is 44.7 Å². The number of para-hydroxylation sites is 1. The van der Waals surface area contributed by atoms with E-state index in [4.69, 9.17) is 4.74 Å². The second-order valence-corrected chi connectivity index (χ2v) is 6.35. The molecule has 2 aliphatic rings. The molecule has 4 nitrogen and oxygen atoms in total. The topological polar surface area (TPSA) is 41.6 Å². The van der Waals surface area contributed by atoms with Crippen molar-refractivity contribution in [1.29, 1.82) is 0 Å². The van der Waals surface area contributed by atoms with Crippen molar-refractivity contribution < 1.29 is 9.53 Å². The van der Waals surface area contributed by atoms with E-state index >= 15 is 0 Å². The summed E-state index contributed by atoms with van der Waals surface area (Å²) in [6.45, 7) is 4.82. The number of hydrogen-bond donors (Lipinski definition) is 1. The van der Waals surface area contributed by atoms with Crippen molar-refractivity contribution in [3.05, 3.63) is 35.9 Å². The van der Waals surface area contributed by atoms with Gasteiger partial charge in [0.25, 0.3) is 0 Å². The van der Waals surface area contributed by atoms with E-state index in [1.54, 1.807) is 6.08 Å². The van der Waals surface area contributed by atoms with Gasteiger partial charge in [0.15, 0.2) is 0 Å². The van der Waals surface area contributed by atoms with E-state index in [9.17, 15) is 4.79 Å². The fourth-order valence-electron chi connectivity index (χ4n) is 3.17. The lowest BCUT2D eigenvalue weighted by molar-refractivity contribution is -0.117. The van der Waals surface area contributed by atoms with Crippen LogP contribution in [-0.2, 0) is 4.79 Å². The number of nitrogens with zero attached hydrogens (tertiary/aromatic N) is 1. The molecule has 0 aromatic heterocycles. The van der Waals surface area contributed by atoms with Gasteiger partial charge in [-0.25, -0.2) is 0 Å². The van der Waals surface area contributed by atoms with Crippen LogP contribution in [0.5, 0.6) is 5.75 Å². The number of hydrogen-bond acceptors (Lipinski definition) is 3. The van der Waals surface area contributed by atoms with E-state index in [1.165, 1.54) is 12.8 Å². The highest BCUT2D eigenvalue weighted by atomic mass is 16.5. The average Bonchev–Trinajstić information content (AvgIpc) is 3.40. The second kappa shape index (κ2) is 7.64. The van der Waals surface area contributed by atoms with E-state index in [0.717, 1.165) is 43.3 Å². The maximum Gasteiger partial charge on any atom is 0.244 e. The first-order valence-corrected chi connectivity index (χ1v) is 8.70. The fourth-order valence-corrected chi connectivity index (χ4v) is 3.17. The van der Waals surface area contributed by atoms with Gasteiger partial charge in [-0.2, -0.15) is 0 Å². The summed E-state index contributed by atoms with van der Waals surface area (Å²) < 4.78 is 5.57. The molecular formula is C19H26N2O2. The number of carbonyl (C=O) groups excluding carboxylic acids is 1. The molecule has 1 aromatic carbocycles. The predicted octanol–water partition coefficient (Wildman–Crippen LogP) is 2.84. The van der Waals surface area contributed by atoms with Crippen LogP contribution in [0.1, 0.15) is 38.2 Å². The van der Waals surface area contributed by atoms with Crippen LogP contribution in [0.3, 0.4) is 0 Å². The summed E-state index contributed by atoms with van der Waals surface area (Å²) in [7, 11) is 0. The Balaban J connectivity index is 1.49. The Hall–Kier alpha value is -1.81. The minimum atomic E-state index is -0.0128. The van der Waals surface area contributed by atoms with Gasteiger partial charge in [-0.1, -0.05) is 18.2 Å². The van der Waals surface area contributed by atoms with Crippen molar-refractivity contribution in [2.24, 2.45) is 0 Å². The van der Waals surface area contributed by atoms with Gasteiger partial charge in [0.05, 0.1) is 6.61 Å². The lowest BCUT2D eigenvalue weighted by atomic mass is 10.0. The first-order chi connectivity index (χ1) is 11.3. The van der Waals surface area contributed by atoms with Gasteiger partial charge < -0.3 is 15.0 Å². The quantitative estimate of drug-likeness (QED) is 0.821. The molecule has 1 aliphatic carbocycles. The third kappa shape index (κ3) is 4.58. The van der Waals surface area contributed by atoms with Gasteiger partial charge in [0, 0.05) is 36.8 Å². The summed E-state index contributed by atoms with van der Waals surface area (Å²) in [4.78, 5) is 14.7. The van der Waals surface area contributed by atoms with Gasteiger partial charge >= 0.3 is 0 Å². The van der Waals surface area contributed by atoms with Crippen LogP contribution in [0.15, 0.2) is 30.3 Å². The van der Waals surface area contributed by atoms with Crippen LogP contribution in [0.2, 0.25) is 0 Å². The van der Waals surface area contributed by atoms with E-state index in [1.807, 2.05) is 37.3 Å². The van der Waals surface area contributed by atoms with Gasteiger partial charge in [-0.3, -0.25) is 4.79 Å². The Morgan fingerprint density at radius 2 is 2.00 bits per heavy atom. The minimum Gasteiger partial charge on any atom is -0.493 e. The Morgan fingerprint density at radius 1 is 1.26 bits per heavy atom. The number of amides is 1. The summed E-state index contributed by atoms with van der Waals surface area (Å²) in [5, 5.41) is 3.13. The minimum absolute atomic E-state index is 0.0128. The third-order valence-electron chi connectivity index (χ3n) is 4.57. The Morgan fingerprint density at radius 3 is 2.70 bits per heavy atom. The van der Waals surface area contributed by atoms with Crippen molar-refractivity contribution >= 4 is 12.0 Å². The van der Waals surface area contributed by atoms with Gasteiger partial charge in [-0.15, -0.1) is 0 Å². The third-order valence-corrected chi connectivity index (χ3v) is 4.57. The SMILES string of the molecule is CCOc1ccccc1/C=C/C(=O)NC1CCN(C2CC2)CC1. The molecule has 1 saturated carbocycles. The van der Waals surface area contributed by atoms with Crippen molar-refractivity contribution in [3.63, 3.8) is 0 Å². The molecule has 3 rings (SSSR count). The summed E-state index contributed by atoms with van der Waals surface area (Å²) >= 11 is 0. The molecule has 0 atom stereocenters. The number of benzene rings is 1. The van der Waals surface area contributed by atoms with Crippen molar-refractivity contribution in [2.75, 3.05) is 19.7 Å². The van der Waals surface area contributed by atoms with E-state index < -0.39 is 0 Å². The molecule has 1 heterocycles. The Labute approximate surface area is 138 Å². The molecule has 23 heavy (non-hydrogen) atoms. The Kier molecular flexibility index (Phi) is 5.34. The zero-order chi connectivity index (χ0) is 16.1. The molecule has 1 N–H and O–H groups in total. The normalized spacial score (nSPS) is 19.9. The molecule has 2 fully saturated rings. The maximum atomic E-state index is 12.1. The molecule has 0 radical (unpaired) electrons. The molecule has 4 heteroatoms. The zero-order valence-electron chi connectivity index (χ0n) is 13.8. The van der Waals surface area contributed by atoms with Gasteiger partial charge in [0.2, 0.25) is 5.91 Å². The number of ether oxygens (including phenoxy) is 1. The Bertz CT molecular complexity index is 558. The molecule has 124 valence electrons. The molecule has 0 bridgehead atoms. The number of piperidine rings is 1. The second-order valence-electron chi connectivity index (χ2n) is 6.35. The van der Waals surface area contributed by atoms with Crippen LogP contribution in [0.25, 0.3) is 6.08 Å². The molecule has 0 unspecified atom stereocenters. The molecule has 1 amide bonds. The lowest BCUT2D eigenvalue weighted by Crippen LogP contribution is -2.44. The largest absolute Gasteiger partial charge is 0.493 e. The maximum absolute atomic E-state index is 12.1. The first-order valence-electron chi connectivity index (χ1n) is 8.70. The standard InChI is InChI=1S/C19H26N2O2/c1-2-23-18-6-4-3-5-15(18)7-10-19(22)20-16-11-13-21(14-12-16)17-8-9-17/h3-7,10,16-17H,2,8-9,11-14H2,1H3,(H,20,22)/b10-7+. The highest BCUT2D eigenvalue weighted by Gasteiger charge is 2.31. The number of carbonyl (C=O) groups is 1. The molecule has 1 saturated heterocycles. The lowest BCUT2D eigenvalue weighted by Gasteiger charge is -2.32. The van der Waals surface area contributed by atoms with Crippen LogP contribution in [0, 0.1) is 0 Å². The highest BCUT2D eigenvalue weighted by molar-refractivity contribution is 5.92. The first kappa shape index (κ1) is 16.1. The number of likely N-dealkylation sites (tertiary alicyclic amines) is 1. The van der Waals surface area contributed by atoms with E-state index in [2.05, 4.69) is 10.2 Å². The van der Waals surface area contributed by atoms with E-state index in [-0.39, 0.29) is 5.91 Å². The van der Waals surface area contributed by atoms with Crippen LogP contribution < -0.4 is 10.1 Å². The predicted molar refractivity (Wildman–Crippen MR) is 92.4 cm³/mol. The molecule has 1 aliphatic heterocycles. The highest BCUT2D eigenvalue weighted by Crippen LogP contribution is 2.29. The summed E-state index contributed by atoms with van der Waals surface area (Å²) in [6.07, 6.45) is 8.29. The van der Waals surface area contributed by atoms with Crippen molar-refractivity contribution in [3.8, 4) is 5.75 Å². The smallest absolute Gasteiger partial charge is 0.244 e. The summed E-state index contributed by atoms with van der Waals surface area (Å²) in [6, 6.07) is 8.92. The summed E-state index contributed by atoms with van der Waals surface area (Å²) in [5.74, 6) is 0.804. The zero-order valence-corrected chi connectivity index (χ0v) is 13.8. The van der Waals surface area contributed by atoms with E-state index in [0.29, 0.717) is 12.6 Å². The van der Waals surface area contributed by atoms with Crippen LogP contribution in [-0.4, -0.2) is 42.6 Å². The van der Waals surface area contributed by atoms with Crippen molar-refractivity contribution in [1.82, 2.24) is 10.2 Å². The molecular weight excluding hydrogens is 288 g/mol. The molecule has 0 spiro atoms. The number of nitrogens with one attached hydrogen (secondary N) is 1.